The Morgan fingerprint density at radius 2 is 2.35 bits per heavy atom. The molecule has 94 valence electrons. The number of nitrogens with one attached hydrogen (secondary N) is 2. The molecule has 17 heavy (non-hydrogen) atoms. The summed E-state index contributed by atoms with van der Waals surface area (Å²) in [4.78, 5) is 4.55. The van der Waals surface area contributed by atoms with Gasteiger partial charge in [0.15, 0.2) is 5.96 Å². The first kappa shape index (κ1) is 12.0. The maximum atomic E-state index is 5.28. The maximum absolute atomic E-state index is 5.28. The van der Waals surface area contributed by atoms with Crippen molar-refractivity contribution in [1.82, 2.24) is 10.6 Å². The molecular formula is C13H21N3O. The van der Waals surface area contributed by atoms with Gasteiger partial charge >= 0.3 is 0 Å². The van der Waals surface area contributed by atoms with Crippen LogP contribution in [-0.2, 0) is 6.42 Å². The van der Waals surface area contributed by atoms with E-state index in [-0.39, 0.29) is 0 Å². The van der Waals surface area contributed by atoms with Crippen LogP contribution in [0, 0.1) is 0 Å². The Balaban J connectivity index is 1.80. The molecule has 1 aromatic heterocycles. The van der Waals surface area contributed by atoms with Crippen molar-refractivity contribution in [3.05, 3.63) is 24.2 Å². The largest absolute Gasteiger partial charge is 0.469 e. The molecular weight excluding hydrogens is 214 g/mol. The van der Waals surface area contributed by atoms with Crippen LogP contribution >= 0.6 is 0 Å². The fourth-order valence-corrected chi connectivity index (χ4v) is 1.56. The van der Waals surface area contributed by atoms with Crippen LogP contribution < -0.4 is 10.6 Å². The average molecular weight is 235 g/mol. The number of nitrogens with zero attached hydrogens (tertiary/aromatic N) is 1. The second kappa shape index (κ2) is 5.75. The molecule has 0 aliphatic heterocycles. The van der Waals surface area contributed by atoms with E-state index in [1.54, 1.807) is 6.26 Å². The summed E-state index contributed by atoms with van der Waals surface area (Å²) in [5, 5.41) is 6.75. The Morgan fingerprint density at radius 3 is 2.94 bits per heavy atom. The van der Waals surface area contributed by atoms with Gasteiger partial charge in [0.2, 0.25) is 0 Å². The van der Waals surface area contributed by atoms with Crippen molar-refractivity contribution in [2.75, 3.05) is 6.54 Å². The molecule has 4 heteroatoms. The van der Waals surface area contributed by atoms with E-state index in [0.29, 0.717) is 12.1 Å². The molecule has 2 N–H and O–H groups in total. The summed E-state index contributed by atoms with van der Waals surface area (Å²) in [7, 11) is 0. The van der Waals surface area contributed by atoms with Crippen LogP contribution in [0.4, 0.5) is 0 Å². The van der Waals surface area contributed by atoms with Gasteiger partial charge in [-0.1, -0.05) is 0 Å². The molecule has 1 aliphatic rings. The maximum Gasteiger partial charge on any atom is 0.191 e. The van der Waals surface area contributed by atoms with Gasteiger partial charge in [-0.3, -0.25) is 4.99 Å². The van der Waals surface area contributed by atoms with E-state index >= 15 is 0 Å². The highest BCUT2D eigenvalue weighted by molar-refractivity contribution is 5.80. The summed E-state index contributed by atoms with van der Waals surface area (Å²) in [6.45, 7) is 5.00. The van der Waals surface area contributed by atoms with Gasteiger partial charge in [-0.15, -0.1) is 0 Å². The fraction of sp³-hybridized carbons (Fsp3) is 0.615. The van der Waals surface area contributed by atoms with E-state index < -0.39 is 0 Å². The highest BCUT2D eigenvalue weighted by Crippen LogP contribution is 2.18. The molecule has 2 rings (SSSR count). The lowest BCUT2D eigenvalue weighted by molar-refractivity contribution is 0.510. The lowest BCUT2D eigenvalue weighted by atomic mass is 10.3. The molecule has 0 bridgehead atoms. The highest BCUT2D eigenvalue weighted by Gasteiger charge is 2.22. The van der Waals surface area contributed by atoms with Crippen molar-refractivity contribution < 1.29 is 4.42 Å². The summed E-state index contributed by atoms with van der Waals surface area (Å²) < 4.78 is 5.28. The van der Waals surface area contributed by atoms with Gasteiger partial charge in [-0.25, -0.2) is 0 Å². The first-order chi connectivity index (χ1) is 8.24. The molecule has 0 amide bonds. The minimum atomic E-state index is 0.406. The van der Waals surface area contributed by atoms with E-state index in [2.05, 4.69) is 29.5 Å². The lowest BCUT2D eigenvalue weighted by Gasteiger charge is -2.14. The Labute approximate surface area is 102 Å². The molecule has 1 heterocycles. The summed E-state index contributed by atoms with van der Waals surface area (Å²) in [5.74, 6) is 1.91. The molecule has 0 unspecified atom stereocenters. The van der Waals surface area contributed by atoms with E-state index in [1.165, 1.54) is 12.8 Å². The summed E-state index contributed by atoms with van der Waals surface area (Å²) in [5.41, 5.74) is 0. The number of hydrogen-bond donors (Lipinski definition) is 2. The highest BCUT2D eigenvalue weighted by atomic mass is 16.3. The molecule has 1 fully saturated rings. The molecule has 4 nitrogen and oxygen atoms in total. The van der Waals surface area contributed by atoms with Crippen LogP contribution in [0.25, 0.3) is 0 Å². The summed E-state index contributed by atoms with van der Waals surface area (Å²) in [6.07, 6.45) is 5.07. The van der Waals surface area contributed by atoms with Gasteiger partial charge in [-0.2, -0.15) is 0 Å². The first-order valence-corrected chi connectivity index (χ1v) is 6.34. The van der Waals surface area contributed by atoms with Crippen LogP contribution in [-0.4, -0.2) is 24.6 Å². The normalized spacial score (nSPS) is 16.3. The van der Waals surface area contributed by atoms with Crippen LogP contribution in [0.3, 0.4) is 0 Å². The zero-order chi connectivity index (χ0) is 12.1. The van der Waals surface area contributed by atoms with Gasteiger partial charge in [0.05, 0.1) is 6.26 Å². The second-order valence-electron chi connectivity index (χ2n) is 4.78. The molecule has 0 aromatic carbocycles. The molecule has 1 aliphatic carbocycles. The predicted octanol–water partition coefficient (Wildman–Crippen LogP) is 1.93. The third-order valence-corrected chi connectivity index (χ3v) is 2.55. The smallest absolute Gasteiger partial charge is 0.191 e. The average Bonchev–Trinajstić information content (AvgIpc) is 2.92. The Hall–Kier alpha value is -1.45. The topological polar surface area (TPSA) is 49.6 Å². The van der Waals surface area contributed by atoms with E-state index in [0.717, 1.165) is 24.7 Å². The predicted molar refractivity (Wildman–Crippen MR) is 69.1 cm³/mol. The van der Waals surface area contributed by atoms with Crippen molar-refractivity contribution in [3.63, 3.8) is 0 Å². The van der Waals surface area contributed by atoms with Gasteiger partial charge < -0.3 is 15.1 Å². The van der Waals surface area contributed by atoms with E-state index in [4.69, 9.17) is 4.42 Å². The lowest BCUT2D eigenvalue weighted by Crippen LogP contribution is -2.42. The quantitative estimate of drug-likeness (QED) is 0.605. The van der Waals surface area contributed by atoms with Crippen molar-refractivity contribution in [2.45, 2.75) is 45.2 Å². The Bertz CT molecular complexity index is 347. The first-order valence-electron chi connectivity index (χ1n) is 6.34. The van der Waals surface area contributed by atoms with Crippen LogP contribution in [0.15, 0.2) is 27.8 Å². The minimum Gasteiger partial charge on any atom is -0.469 e. The molecule has 0 spiro atoms. The molecule has 0 atom stereocenters. The monoisotopic (exact) mass is 235 g/mol. The third-order valence-electron chi connectivity index (χ3n) is 2.55. The molecule has 0 saturated heterocycles. The number of rotatable bonds is 5. The van der Waals surface area contributed by atoms with Gasteiger partial charge in [0, 0.05) is 25.0 Å². The van der Waals surface area contributed by atoms with Crippen molar-refractivity contribution in [3.8, 4) is 0 Å². The second-order valence-corrected chi connectivity index (χ2v) is 4.78. The summed E-state index contributed by atoms with van der Waals surface area (Å²) >= 11 is 0. The third kappa shape index (κ3) is 4.51. The van der Waals surface area contributed by atoms with Crippen molar-refractivity contribution >= 4 is 5.96 Å². The van der Waals surface area contributed by atoms with Crippen molar-refractivity contribution in [2.24, 2.45) is 4.99 Å². The number of guanidine groups is 1. The van der Waals surface area contributed by atoms with Crippen LogP contribution in [0.2, 0.25) is 0 Å². The van der Waals surface area contributed by atoms with E-state index in [1.807, 2.05) is 12.1 Å². The molecule has 0 radical (unpaired) electrons. The van der Waals surface area contributed by atoms with Gasteiger partial charge in [0.25, 0.3) is 0 Å². The number of aliphatic imine (C=N–C) groups is 1. The Morgan fingerprint density at radius 1 is 1.53 bits per heavy atom. The standard InChI is InChI=1S/C13H21N3O/c1-10(2)15-13(16-11-5-6-11)14-8-7-12-4-3-9-17-12/h3-4,9-11H,5-8H2,1-2H3,(H2,14,15,16). The number of hydrogen-bond acceptors (Lipinski definition) is 2. The van der Waals surface area contributed by atoms with Crippen LogP contribution in [0.1, 0.15) is 32.4 Å². The zero-order valence-corrected chi connectivity index (χ0v) is 10.6. The molecule has 1 saturated carbocycles. The van der Waals surface area contributed by atoms with Crippen molar-refractivity contribution in [1.29, 1.82) is 0 Å². The van der Waals surface area contributed by atoms with Gasteiger partial charge in [0.1, 0.15) is 5.76 Å². The summed E-state index contributed by atoms with van der Waals surface area (Å²) in [6, 6.07) is 4.93. The fourth-order valence-electron chi connectivity index (χ4n) is 1.56. The Kier molecular flexibility index (Phi) is 4.07. The van der Waals surface area contributed by atoms with Gasteiger partial charge in [-0.05, 0) is 38.8 Å². The zero-order valence-electron chi connectivity index (χ0n) is 10.6. The minimum absolute atomic E-state index is 0.406. The van der Waals surface area contributed by atoms with Crippen LogP contribution in [0.5, 0.6) is 0 Å². The molecule has 1 aromatic rings. The van der Waals surface area contributed by atoms with E-state index in [9.17, 15) is 0 Å². The SMILES string of the molecule is CC(C)NC(=NCCc1ccco1)NC1CC1. The number of furan rings is 1.